The summed E-state index contributed by atoms with van der Waals surface area (Å²) in [5.74, 6) is -55.1. The Morgan fingerprint density at radius 2 is 0.596 bits per heavy atom. The van der Waals surface area contributed by atoms with Crippen molar-refractivity contribution >= 4 is 34.1 Å². The van der Waals surface area contributed by atoms with Gasteiger partial charge in [-0.25, -0.2) is 74.6 Å². The molecular weight excluding hydrogens is 697 g/mol. The normalized spacial score (nSPS) is 11.7. The molecule has 0 fully saturated rings. The van der Waals surface area contributed by atoms with E-state index in [1.54, 1.807) is 0 Å². The highest BCUT2D eigenvalue weighted by atomic mass is 19.2. The highest BCUT2D eigenvalue weighted by Crippen LogP contribution is 2.43. The van der Waals surface area contributed by atoms with Gasteiger partial charge in [-0.15, -0.1) is 0 Å². The topological polar surface area (TPSA) is 29.5 Å². The Balaban J connectivity index is 1.91. The minimum absolute atomic E-state index is 2.26. The Kier molecular flexibility index (Phi) is 7.97. The molecule has 2 nitrogen and oxygen atoms in total. The van der Waals surface area contributed by atoms with Crippen LogP contribution in [0.4, 0.5) is 79.0 Å². The van der Waals surface area contributed by atoms with Gasteiger partial charge in [0.1, 0.15) is 11.6 Å². The Morgan fingerprint density at radius 1 is 0.298 bits per heavy atom. The molecule has 5 rings (SSSR count). The summed E-state index contributed by atoms with van der Waals surface area (Å²) in [5.41, 5.74) is -7.81. The maximum atomic E-state index is 15.5. The van der Waals surface area contributed by atoms with Crippen molar-refractivity contribution in [3.8, 4) is 16.9 Å². The van der Waals surface area contributed by atoms with Crippen LogP contribution in [0.15, 0.2) is 0 Å². The van der Waals surface area contributed by atoms with Crippen molar-refractivity contribution in [2.24, 2.45) is 0 Å². The molecule has 0 heterocycles. The van der Waals surface area contributed by atoms with E-state index in [9.17, 15) is 75.3 Å². The summed E-state index contributed by atoms with van der Waals surface area (Å²) in [6.45, 7) is 0. The lowest BCUT2D eigenvalue weighted by Crippen LogP contribution is -2.42. The van der Waals surface area contributed by atoms with E-state index in [1.165, 1.54) is 0 Å². The largest absolute Gasteiger partial charge is 0.564 e. The third-order valence-corrected chi connectivity index (χ3v) is 6.67. The monoisotopic (exact) mass is 698 g/mol. The first-order valence-corrected chi connectivity index (χ1v) is 11.6. The molecule has 0 aliphatic heterocycles. The predicted molar refractivity (Wildman–Crippen MR) is 121 cm³/mol. The summed E-state index contributed by atoms with van der Waals surface area (Å²) >= 11 is 0. The van der Waals surface area contributed by atoms with E-state index in [1.807, 2.05) is 0 Å². The number of benzene rings is 5. The molecule has 21 heteroatoms. The van der Waals surface area contributed by atoms with Crippen LogP contribution in [0.1, 0.15) is 0 Å². The summed E-state index contributed by atoms with van der Waals surface area (Å²) < 4.78 is 264. The minimum Gasteiger partial charge on any atom is -0.530 e. The molecule has 0 aromatic heterocycles. The van der Waals surface area contributed by atoms with Gasteiger partial charge >= 0.3 is 7.12 Å². The second kappa shape index (κ2) is 11.2. The quantitative estimate of drug-likeness (QED) is 0.0680. The zero-order valence-corrected chi connectivity index (χ0v) is 21.2. The zero-order valence-electron chi connectivity index (χ0n) is 21.2. The molecule has 0 spiro atoms. The van der Waals surface area contributed by atoms with Crippen LogP contribution in [0, 0.1) is 105 Å². The number of hydrogen-bond acceptors (Lipinski definition) is 2. The fourth-order valence-corrected chi connectivity index (χ4v) is 4.58. The summed E-state index contributed by atoms with van der Waals surface area (Å²) in [6, 6.07) is 0. The summed E-state index contributed by atoms with van der Waals surface area (Å²) in [7, 11) is -3.96. The van der Waals surface area contributed by atoms with E-state index in [4.69, 9.17) is 0 Å². The molecule has 0 aliphatic carbocycles. The summed E-state index contributed by atoms with van der Waals surface area (Å²) in [5, 5.41) is 1.23. The second-order valence-corrected chi connectivity index (χ2v) is 9.11. The van der Waals surface area contributed by atoms with Gasteiger partial charge in [-0.1, -0.05) is 0 Å². The molecule has 47 heavy (non-hydrogen) atoms. The Hall–Kier alpha value is -4.82. The summed E-state index contributed by atoms with van der Waals surface area (Å²) in [6.07, 6.45) is 0. The van der Waals surface area contributed by atoms with Crippen LogP contribution < -0.4 is 10.1 Å². The lowest BCUT2D eigenvalue weighted by Gasteiger charge is -2.20. The van der Waals surface area contributed by atoms with Gasteiger partial charge in [-0.05, 0) is 0 Å². The minimum atomic E-state index is -3.96. The maximum absolute atomic E-state index is 15.5. The van der Waals surface area contributed by atoms with Crippen LogP contribution in [0.2, 0.25) is 0 Å². The van der Waals surface area contributed by atoms with Gasteiger partial charge in [-0.3, -0.25) is 0 Å². The van der Waals surface area contributed by atoms with E-state index in [-0.39, 0.29) is 0 Å². The molecule has 0 bridgehead atoms. The lowest BCUT2D eigenvalue weighted by atomic mass is 9.73. The molecule has 0 saturated carbocycles. The molecule has 1 N–H and O–H groups in total. The number of fused-ring (bicyclic) bond motifs is 2. The van der Waals surface area contributed by atoms with E-state index in [0.717, 1.165) is 0 Å². The van der Waals surface area contributed by atoms with Gasteiger partial charge in [0.2, 0.25) is 11.6 Å². The van der Waals surface area contributed by atoms with Gasteiger partial charge in [0.15, 0.2) is 87.2 Å². The molecule has 0 unspecified atom stereocenters. The molecule has 246 valence electrons. The number of rotatable bonds is 4. The van der Waals surface area contributed by atoms with E-state index < -0.39 is 156 Å². The van der Waals surface area contributed by atoms with Crippen molar-refractivity contribution in [2.75, 3.05) is 0 Å². The van der Waals surface area contributed by atoms with Crippen molar-refractivity contribution in [1.29, 1.82) is 0 Å². The van der Waals surface area contributed by atoms with E-state index in [2.05, 4.69) is 4.65 Å². The van der Waals surface area contributed by atoms with Crippen LogP contribution in [0.3, 0.4) is 0 Å². The average molecular weight is 698 g/mol. The molecule has 5 aromatic carbocycles. The average Bonchev–Trinajstić information content (AvgIpc) is 3.03. The van der Waals surface area contributed by atoms with Crippen molar-refractivity contribution in [3.63, 3.8) is 0 Å². The van der Waals surface area contributed by atoms with Crippen LogP contribution in [-0.2, 0) is 0 Å². The second-order valence-electron chi connectivity index (χ2n) is 9.11. The molecule has 0 saturated heterocycles. The van der Waals surface area contributed by atoms with Crippen molar-refractivity contribution in [3.05, 3.63) is 105 Å². The Morgan fingerprint density at radius 3 is 1.04 bits per heavy atom. The van der Waals surface area contributed by atoms with Crippen LogP contribution >= 0.6 is 0 Å². The first kappa shape index (κ1) is 33.5. The smallest absolute Gasteiger partial charge is 0.530 e. The SMILES string of the molecule is OB(Oc1c(F)c(F)c(F)c2c(F)c3c(F)c(F)c(F)c(F)c3c(F)c12)c1c(F)c(F)c(F)c(F)c1-c1c(F)c(F)c(F)c(F)c1F. The van der Waals surface area contributed by atoms with E-state index >= 15 is 8.78 Å². The predicted octanol–water partition coefficient (Wildman–Crippen LogP) is 7.93. The fraction of sp³-hybridized carbons (Fsp3) is 0. The standard InChI is InChI=1S/C26HBF18O2/c28-8-3-4(14(34)19(39)18(38)13(3)33)9(29)6-5(8)15(35)22(42)25(45)26(6)47-27(46)7-1(10(30)17(37)23(43)16(7)36)2-11(31)20(40)24(44)21(41)12(2)32/h46H. The number of halogens is 18. The number of hydrogen-bond donors (Lipinski definition) is 1. The Bertz CT molecular complexity index is 2210. The summed E-state index contributed by atoms with van der Waals surface area (Å²) in [4.78, 5) is 0. The highest BCUT2D eigenvalue weighted by Gasteiger charge is 2.41. The van der Waals surface area contributed by atoms with Crippen LogP contribution in [-0.4, -0.2) is 12.1 Å². The fourth-order valence-electron chi connectivity index (χ4n) is 4.58. The molecule has 0 aliphatic rings. The van der Waals surface area contributed by atoms with Gasteiger partial charge in [0.25, 0.3) is 0 Å². The van der Waals surface area contributed by atoms with Crippen LogP contribution in [0.25, 0.3) is 32.7 Å². The zero-order chi connectivity index (χ0) is 35.3. The maximum Gasteiger partial charge on any atom is 0.564 e. The first-order chi connectivity index (χ1) is 21.8. The van der Waals surface area contributed by atoms with Crippen molar-refractivity contribution < 1.29 is 88.7 Å². The van der Waals surface area contributed by atoms with Gasteiger partial charge < -0.3 is 9.68 Å². The first-order valence-electron chi connectivity index (χ1n) is 11.6. The molecule has 0 radical (unpaired) electrons. The highest BCUT2D eigenvalue weighted by molar-refractivity contribution is 6.62. The van der Waals surface area contributed by atoms with Gasteiger partial charge in [0.05, 0.1) is 27.1 Å². The Labute approximate surface area is 245 Å². The lowest BCUT2D eigenvalue weighted by molar-refractivity contribution is 0.377. The van der Waals surface area contributed by atoms with E-state index in [0.29, 0.717) is 0 Å². The van der Waals surface area contributed by atoms with Crippen molar-refractivity contribution in [2.45, 2.75) is 0 Å². The third kappa shape index (κ3) is 4.45. The van der Waals surface area contributed by atoms with Gasteiger partial charge in [0, 0.05) is 11.0 Å². The molecule has 0 amide bonds. The van der Waals surface area contributed by atoms with Gasteiger partial charge in [-0.2, -0.15) is 4.39 Å². The van der Waals surface area contributed by atoms with Crippen molar-refractivity contribution in [1.82, 2.24) is 0 Å². The molecule has 5 aromatic rings. The van der Waals surface area contributed by atoms with Crippen LogP contribution in [0.5, 0.6) is 5.75 Å². The molecule has 0 atom stereocenters. The molecular formula is C26HBF18O2. The third-order valence-electron chi connectivity index (χ3n) is 6.67.